The summed E-state index contributed by atoms with van der Waals surface area (Å²) in [5, 5.41) is 17.1. The molecule has 0 bridgehead atoms. The van der Waals surface area contributed by atoms with E-state index >= 15 is 0 Å². The first-order valence-corrected chi connectivity index (χ1v) is 8.10. The van der Waals surface area contributed by atoms with Crippen LogP contribution in [0.3, 0.4) is 0 Å². The number of imidazole rings is 1. The van der Waals surface area contributed by atoms with Crippen molar-refractivity contribution in [3.8, 4) is 0 Å². The van der Waals surface area contributed by atoms with E-state index in [9.17, 15) is 18.3 Å². The molecular formula is C15H20F3N5O2. The van der Waals surface area contributed by atoms with Crippen molar-refractivity contribution in [3.05, 3.63) is 17.7 Å². The number of aliphatic hydroxyl groups is 1. The Kier molecular flexibility index (Phi) is 4.83. The average Bonchev–Trinajstić information content (AvgIpc) is 2.87. The molecule has 2 atom stereocenters. The van der Waals surface area contributed by atoms with Crippen LogP contribution in [0.25, 0.3) is 5.52 Å². The van der Waals surface area contributed by atoms with Crippen LogP contribution in [0.5, 0.6) is 0 Å². The molecule has 0 amide bonds. The van der Waals surface area contributed by atoms with Crippen molar-refractivity contribution in [3.63, 3.8) is 0 Å². The van der Waals surface area contributed by atoms with Crippen molar-refractivity contribution < 1.29 is 23.0 Å². The number of ether oxygens (including phenoxy) is 1. The predicted octanol–water partition coefficient (Wildman–Crippen LogP) is 1.90. The van der Waals surface area contributed by atoms with Gasteiger partial charge < -0.3 is 15.2 Å². The molecule has 2 N–H and O–H groups in total. The van der Waals surface area contributed by atoms with Crippen LogP contribution in [0.15, 0.2) is 6.20 Å². The Morgan fingerprint density at radius 1 is 1.44 bits per heavy atom. The summed E-state index contributed by atoms with van der Waals surface area (Å²) < 4.78 is 45.9. The molecule has 7 nitrogen and oxygen atoms in total. The number of hydrogen-bond donors (Lipinski definition) is 2. The van der Waals surface area contributed by atoms with Crippen molar-refractivity contribution >= 4 is 11.5 Å². The molecule has 1 fully saturated rings. The van der Waals surface area contributed by atoms with E-state index in [1.165, 1.54) is 4.52 Å². The van der Waals surface area contributed by atoms with Crippen LogP contribution < -0.4 is 5.32 Å². The average molecular weight is 359 g/mol. The lowest BCUT2D eigenvalue weighted by atomic mass is 10.1. The molecule has 1 aliphatic heterocycles. The second kappa shape index (κ2) is 6.75. The van der Waals surface area contributed by atoms with Crippen LogP contribution in [0.1, 0.15) is 31.8 Å². The van der Waals surface area contributed by atoms with Gasteiger partial charge in [0.1, 0.15) is 11.3 Å². The second-order valence-corrected chi connectivity index (χ2v) is 6.53. The summed E-state index contributed by atoms with van der Waals surface area (Å²) in [4.78, 5) is 7.71. The Bertz CT molecular complexity index is 747. The van der Waals surface area contributed by atoms with E-state index in [1.807, 2.05) is 13.8 Å². The van der Waals surface area contributed by atoms with Crippen molar-refractivity contribution in [1.82, 2.24) is 19.6 Å². The van der Waals surface area contributed by atoms with Crippen LogP contribution in [0.2, 0.25) is 0 Å². The second-order valence-electron chi connectivity index (χ2n) is 6.53. The molecule has 0 unspecified atom stereocenters. The summed E-state index contributed by atoms with van der Waals surface area (Å²) in [6, 6.07) is -0.314. The maximum Gasteiger partial charge on any atom is 0.435 e. The summed E-state index contributed by atoms with van der Waals surface area (Å²) in [7, 11) is 0. The SMILES string of the molecule is CC(C)Cc1nc(C(F)(F)F)c2cnc(N[C@@H]3CCOC[C@H]3O)nn12. The van der Waals surface area contributed by atoms with Gasteiger partial charge in [0.2, 0.25) is 5.95 Å². The highest BCUT2D eigenvalue weighted by molar-refractivity contribution is 5.53. The predicted molar refractivity (Wildman–Crippen MR) is 83.2 cm³/mol. The minimum absolute atomic E-state index is 0.121. The van der Waals surface area contributed by atoms with E-state index in [2.05, 4.69) is 20.4 Å². The zero-order valence-electron chi connectivity index (χ0n) is 13.9. The number of anilines is 1. The van der Waals surface area contributed by atoms with Gasteiger partial charge in [-0.3, -0.25) is 0 Å². The zero-order chi connectivity index (χ0) is 18.2. The Labute approximate surface area is 142 Å². The molecule has 10 heteroatoms. The number of halogens is 3. The van der Waals surface area contributed by atoms with Gasteiger partial charge in [0, 0.05) is 13.0 Å². The fourth-order valence-corrected chi connectivity index (χ4v) is 2.77. The topological polar surface area (TPSA) is 84.6 Å². The van der Waals surface area contributed by atoms with Gasteiger partial charge in [0.05, 0.1) is 24.9 Å². The van der Waals surface area contributed by atoms with Gasteiger partial charge in [0.15, 0.2) is 5.69 Å². The highest BCUT2D eigenvalue weighted by atomic mass is 19.4. The highest BCUT2D eigenvalue weighted by Crippen LogP contribution is 2.32. The van der Waals surface area contributed by atoms with Gasteiger partial charge >= 0.3 is 6.18 Å². The summed E-state index contributed by atoms with van der Waals surface area (Å²) in [6.45, 7) is 4.47. The van der Waals surface area contributed by atoms with E-state index < -0.39 is 18.0 Å². The minimum atomic E-state index is -4.57. The number of aromatic nitrogens is 4. The van der Waals surface area contributed by atoms with Crippen LogP contribution in [-0.2, 0) is 17.3 Å². The quantitative estimate of drug-likeness (QED) is 0.867. The molecule has 1 aliphatic rings. The molecule has 138 valence electrons. The Morgan fingerprint density at radius 3 is 2.84 bits per heavy atom. The maximum atomic E-state index is 13.2. The van der Waals surface area contributed by atoms with E-state index in [0.29, 0.717) is 19.4 Å². The third-order valence-electron chi connectivity index (χ3n) is 3.96. The summed E-state index contributed by atoms with van der Waals surface area (Å²) in [6.07, 6.45) is -3.28. The lowest BCUT2D eigenvalue weighted by Crippen LogP contribution is -2.42. The largest absolute Gasteiger partial charge is 0.435 e. The number of hydrogen-bond acceptors (Lipinski definition) is 6. The van der Waals surface area contributed by atoms with E-state index in [1.54, 1.807) is 0 Å². The zero-order valence-corrected chi connectivity index (χ0v) is 13.9. The summed E-state index contributed by atoms with van der Waals surface area (Å²) >= 11 is 0. The van der Waals surface area contributed by atoms with Crippen molar-refractivity contribution in [2.45, 2.75) is 45.0 Å². The van der Waals surface area contributed by atoms with Crippen molar-refractivity contribution in [2.75, 3.05) is 18.5 Å². The van der Waals surface area contributed by atoms with Gasteiger partial charge in [-0.15, -0.1) is 5.10 Å². The lowest BCUT2D eigenvalue weighted by Gasteiger charge is -2.28. The number of rotatable bonds is 4. The van der Waals surface area contributed by atoms with E-state index in [-0.39, 0.29) is 35.9 Å². The number of alkyl halides is 3. The highest BCUT2D eigenvalue weighted by Gasteiger charge is 2.37. The first kappa shape index (κ1) is 17.9. The molecule has 0 saturated carbocycles. The minimum Gasteiger partial charge on any atom is -0.389 e. The van der Waals surface area contributed by atoms with Gasteiger partial charge in [-0.05, 0) is 12.3 Å². The first-order valence-electron chi connectivity index (χ1n) is 8.10. The van der Waals surface area contributed by atoms with Crippen LogP contribution in [0, 0.1) is 5.92 Å². The third-order valence-corrected chi connectivity index (χ3v) is 3.96. The number of nitrogens with one attached hydrogen (secondary N) is 1. The normalized spacial score (nSPS) is 21.9. The third kappa shape index (κ3) is 3.84. The molecule has 0 aromatic carbocycles. The summed E-state index contributed by atoms with van der Waals surface area (Å²) in [5.41, 5.74) is -1.16. The van der Waals surface area contributed by atoms with Crippen molar-refractivity contribution in [1.29, 1.82) is 0 Å². The standard InChI is InChI=1S/C15H20F3N5O2/c1-8(2)5-12-21-13(15(16,17)18)10-6-19-14(22-23(10)12)20-9-3-4-25-7-11(9)24/h6,8-9,11,24H,3-5,7H2,1-2H3,(H,20,22)/t9-,11-/m1/s1. The Morgan fingerprint density at radius 2 is 2.20 bits per heavy atom. The monoisotopic (exact) mass is 359 g/mol. The van der Waals surface area contributed by atoms with Gasteiger partial charge in [-0.2, -0.15) is 13.2 Å². The van der Waals surface area contributed by atoms with Crippen LogP contribution in [0.4, 0.5) is 19.1 Å². The number of nitrogens with zero attached hydrogens (tertiary/aromatic N) is 4. The molecule has 25 heavy (non-hydrogen) atoms. The lowest BCUT2D eigenvalue weighted by molar-refractivity contribution is -0.139. The molecule has 2 aromatic heterocycles. The number of aliphatic hydroxyl groups excluding tert-OH is 1. The van der Waals surface area contributed by atoms with Gasteiger partial charge in [-0.25, -0.2) is 14.5 Å². The molecule has 0 spiro atoms. The number of fused-ring (bicyclic) bond motifs is 1. The molecule has 3 rings (SSSR count). The summed E-state index contributed by atoms with van der Waals surface area (Å²) in [5.74, 6) is 0.500. The van der Waals surface area contributed by atoms with E-state index in [4.69, 9.17) is 4.74 Å². The van der Waals surface area contributed by atoms with Gasteiger partial charge in [-0.1, -0.05) is 13.8 Å². The van der Waals surface area contributed by atoms with Crippen molar-refractivity contribution in [2.24, 2.45) is 5.92 Å². The van der Waals surface area contributed by atoms with E-state index in [0.717, 1.165) is 6.20 Å². The van der Waals surface area contributed by atoms with Crippen LogP contribution in [-0.4, -0.2) is 50.0 Å². The van der Waals surface area contributed by atoms with Crippen LogP contribution >= 0.6 is 0 Å². The molecule has 0 aliphatic carbocycles. The molecular weight excluding hydrogens is 339 g/mol. The molecule has 2 aromatic rings. The molecule has 3 heterocycles. The Balaban J connectivity index is 1.97. The smallest absolute Gasteiger partial charge is 0.389 e. The first-order chi connectivity index (χ1) is 11.8. The molecule has 0 radical (unpaired) electrons. The maximum absolute atomic E-state index is 13.2. The van der Waals surface area contributed by atoms with Gasteiger partial charge in [0.25, 0.3) is 0 Å². The Hall–Kier alpha value is -1.94. The molecule has 1 saturated heterocycles. The fourth-order valence-electron chi connectivity index (χ4n) is 2.77. The fraction of sp³-hybridized carbons (Fsp3) is 0.667.